The van der Waals surface area contributed by atoms with Crippen LogP contribution in [-0.2, 0) is 6.42 Å². The Morgan fingerprint density at radius 2 is 2.00 bits per heavy atom. The summed E-state index contributed by atoms with van der Waals surface area (Å²) in [5.41, 5.74) is 3.42. The molecule has 3 heteroatoms. The van der Waals surface area contributed by atoms with Gasteiger partial charge in [-0.15, -0.1) is 0 Å². The second-order valence-electron chi connectivity index (χ2n) is 5.07. The van der Waals surface area contributed by atoms with E-state index in [9.17, 15) is 0 Å². The van der Waals surface area contributed by atoms with Gasteiger partial charge in [-0.05, 0) is 39.7 Å². The summed E-state index contributed by atoms with van der Waals surface area (Å²) in [6.07, 6.45) is 2.89. The van der Waals surface area contributed by atoms with Crippen molar-refractivity contribution in [3.05, 3.63) is 23.0 Å². The number of hydrogen-bond donors (Lipinski definition) is 1. The molecular weight excluding hydrogens is 224 g/mol. The number of nitrogens with one attached hydrogen (secondary N) is 1. The molecule has 1 aromatic heterocycles. The Morgan fingerprint density at radius 3 is 2.56 bits per heavy atom. The number of ether oxygens (including phenoxy) is 1. The summed E-state index contributed by atoms with van der Waals surface area (Å²) in [6, 6.07) is 0.503. The van der Waals surface area contributed by atoms with Crippen LogP contribution < -0.4 is 10.1 Å². The van der Waals surface area contributed by atoms with Gasteiger partial charge in [-0.3, -0.25) is 4.98 Å². The van der Waals surface area contributed by atoms with Crippen molar-refractivity contribution in [3.63, 3.8) is 0 Å². The number of pyridine rings is 1. The largest absolute Gasteiger partial charge is 0.496 e. The SMILES string of the molecule is CCNC(C)C(C)Cc1ncc(C)c(OC)c1C. The average molecular weight is 250 g/mol. The molecule has 3 nitrogen and oxygen atoms in total. The summed E-state index contributed by atoms with van der Waals surface area (Å²) in [6.45, 7) is 11.8. The third kappa shape index (κ3) is 3.45. The molecule has 0 amide bonds. The van der Waals surface area contributed by atoms with Crippen molar-refractivity contribution in [1.29, 1.82) is 0 Å². The molecule has 102 valence electrons. The first-order chi connectivity index (χ1) is 8.51. The van der Waals surface area contributed by atoms with Crippen molar-refractivity contribution in [2.75, 3.05) is 13.7 Å². The van der Waals surface area contributed by atoms with Gasteiger partial charge in [0, 0.05) is 29.1 Å². The van der Waals surface area contributed by atoms with Gasteiger partial charge < -0.3 is 10.1 Å². The highest BCUT2D eigenvalue weighted by Gasteiger charge is 2.16. The number of rotatable bonds is 6. The van der Waals surface area contributed by atoms with Crippen LogP contribution in [0.3, 0.4) is 0 Å². The van der Waals surface area contributed by atoms with Crippen LogP contribution in [-0.4, -0.2) is 24.7 Å². The van der Waals surface area contributed by atoms with E-state index < -0.39 is 0 Å². The van der Waals surface area contributed by atoms with Crippen LogP contribution in [0.2, 0.25) is 0 Å². The standard InChI is InChI=1S/C15H26N2O/c1-7-16-13(5)10(2)8-14-12(4)15(18-6)11(3)9-17-14/h9-10,13,16H,7-8H2,1-6H3. The minimum Gasteiger partial charge on any atom is -0.496 e. The maximum Gasteiger partial charge on any atom is 0.128 e. The number of nitrogens with zero attached hydrogens (tertiary/aromatic N) is 1. The molecule has 0 aliphatic rings. The zero-order valence-electron chi connectivity index (χ0n) is 12.5. The van der Waals surface area contributed by atoms with Gasteiger partial charge in [-0.1, -0.05) is 13.8 Å². The molecule has 1 rings (SSSR count). The lowest BCUT2D eigenvalue weighted by Gasteiger charge is -2.21. The zero-order valence-corrected chi connectivity index (χ0v) is 12.5. The van der Waals surface area contributed by atoms with Crippen LogP contribution >= 0.6 is 0 Å². The van der Waals surface area contributed by atoms with Gasteiger partial charge >= 0.3 is 0 Å². The van der Waals surface area contributed by atoms with Gasteiger partial charge in [0.1, 0.15) is 5.75 Å². The maximum absolute atomic E-state index is 5.45. The van der Waals surface area contributed by atoms with E-state index in [1.807, 2.05) is 13.1 Å². The molecule has 0 aromatic carbocycles. The van der Waals surface area contributed by atoms with E-state index >= 15 is 0 Å². The van der Waals surface area contributed by atoms with Gasteiger partial charge in [-0.25, -0.2) is 0 Å². The molecule has 18 heavy (non-hydrogen) atoms. The Kier molecular flexibility index (Phi) is 5.60. The normalized spacial score (nSPS) is 14.3. The van der Waals surface area contributed by atoms with E-state index in [-0.39, 0.29) is 0 Å². The second-order valence-corrected chi connectivity index (χ2v) is 5.07. The molecule has 1 heterocycles. The van der Waals surface area contributed by atoms with Crippen molar-refractivity contribution in [3.8, 4) is 5.75 Å². The highest BCUT2D eigenvalue weighted by molar-refractivity contribution is 5.41. The Hall–Kier alpha value is -1.09. The van der Waals surface area contributed by atoms with Crippen molar-refractivity contribution in [1.82, 2.24) is 10.3 Å². The monoisotopic (exact) mass is 250 g/mol. The molecule has 0 radical (unpaired) electrons. The molecule has 2 unspecified atom stereocenters. The third-order valence-electron chi connectivity index (χ3n) is 3.64. The Labute approximate surface area is 111 Å². The first-order valence-corrected chi connectivity index (χ1v) is 6.73. The van der Waals surface area contributed by atoms with Crippen molar-refractivity contribution in [2.24, 2.45) is 5.92 Å². The van der Waals surface area contributed by atoms with E-state index in [1.54, 1.807) is 7.11 Å². The fourth-order valence-corrected chi connectivity index (χ4v) is 2.28. The van der Waals surface area contributed by atoms with Crippen LogP contribution in [0.15, 0.2) is 6.20 Å². The average Bonchev–Trinajstić information content (AvgIpc) is 2.33. The summed E-state index contributed by atoms with van der Waals surface area (Å²) in [5.74, 6) is 1.53. The molecule has 0 spiro atoms. The third-order valence-corrected chi connectivity index (χ3v) is 3.64. The number of aryl methyl sites for hydroxylation is 1. The zero-order chi connectivity index (χ0) is 13.7. The lowest BCUT2D eigenvalue weighted by atomic mass is 9.95. The molecule has 2 atom stereocenters. The number of aromatic nitrogens is 1. The van der Waals surface area contributed by atoms with E-state index in [1.165, 1.54) is 5.56 Å². The van der Waals surface area contributed by atoms with Crippen molar-refractivity contribution < 1.29 is 4.74 Å². The maximum atomic E-state index is 5.45. The molecule has 0 saturated heterocycles. The summed E-state index contributed by atoms with van der Waals surface area (Å²) >= 11 is 0. The first-order valence-electron chi connectivity index (χ1n) is 6.73. The molecule has 0 fully saturated rings. The molecular formula is C15H26N2O. The van der Waals surface area contributed by atoms with Crippen LogP contribution in [0.25, 0.3) is 0 Å². The Morgan fingerprint density at radius 1 is 1.33 bits per heavy atom. The molecule has 1 aromatic rings. The van der Waals surface area contributed by atoms with Gasteiger partial charge in [0.05, 0.1) is 7.11 Å². The number of methoxy groups -OCH3 is 1. The summed E-state index contributed by atoms with van der Waals surface area (Å²) in [4.78, 5) is 4.56. The Bertz CT molecular complexity index is 390. The molecule has 1 N–H and O–H groups in total. The molecule has 0 aliphatic heterocycles. The van der Waals surface area contributed by atoms with E-state index in [2.05, 4.69) is 38.0 Å². The van der Waals surface area contributed by atoms with E-state index in [0.717, 1.165) is 30.0 Å². The van der Waals surface area contributed by atoms with Gasteiger partial charge in [-0.2, -0.15) is 0 Å². The lowest BCUT2D eigenvalue weighted by molar-refractivity contribution is 0.393. The van der Waals surface area contributed by atoms with E-state index in [4.69, 9.17) is 4.74 Å². The van der Waals surface area contributed by atoms with E-state index in [0.29, 0.717) is 12.0 Å². The fraction of sp³-hybridized carbons (Fsp3) is 0.667. The molecule has 0 bridgehead atoms. The quantitative estimate of drug-likeness (QED) is 0.843. The number of hydrogen-bond acceptors (Lipinski definition) is 3. The summed E-state index contributed by atoms with van der Waals surface area (Å²) in [7, 11) is 1.73. The smallest absolute Gasteiger partial charge is 0.128 e. The fourth-order valence-electron chi connectivity index (χ4n) is 2.28. The van der Waals surface area contributed by atoms with Gasteiger partial charge in [0.25, 0.3) is 0 Å². The van der Waals surface area contributed by atoms with Crippen LogP contribution in [0.1, 0.15) is 37.6 Å². The summed E-state index contributed by atoms with van der Waals surface area (Å²) < 4.78 is 5.45. The lowest BCUT2D eigenvalue weighted by Crippen LogP contribution is -2.33. The predicted octanol–water partition coefficient (Wildman–Crippen LogP) is 2.88. The summed E-state index contributed by atoms with van der Waals surface area (Å²) in [5, 5.41) is 3.47. The second kappa shape index (κ2) is 6.74. The van der Waals surface area contributed by atoms with Crippen LogP contribution in [0.4, 0.5) is 0 Å². The van der Waals surface area contributed by atoms with Crippen LogP contribution in [0, 0.1) is 19.8 Å². The van der Waals surface area contributed by atoms with Gasteiger partial charge in [0.2, 0.25) is 0 Å². The minimum absolute atomic E-state index is 0.503. The van der Waals surface area contributed by atoms with Crippen LogP contribution in [0.5, 0.6) is 5.75 Å². The topological polar surface area (TPSA) is 34.2 Å². The minimum atomic E-state index is 0.503. The predicted molar refractivity (Wildman–Crippen MR) is 76.3 cm³/mol. The Balaban J connectivity index is 2.85. The highest BCUT2D eigenvalue weighted by atomic mass is 16.5. The highest BCUT2D eigenvalue weighted by Crippen LogP contribution is 2.25. The molecule has 0 saturated carbocycles. The molecule has 0 aliphatic carbocycles. The first kappa shape index (κ1) is 15.0. The van der Waals surface area contributed by atoms with Crippen molar-refractivity contribution in [2.45, 2.75) is 47.1 Å². The van der Waals surface area contributed by atoms with Gasteiger partial charge in [0.15, 0.2) is 0 Å². The van der Waals surface area contributed by atoms with Crippen molar-refractivity contribution >= 4 is 0 Å².